The van der Waals surface area contributed by atoms with E-state index in [1.54, 1.807) is 35.1 Å². The minimum atomic E-state index is -1.63. The lowest BCUT2D eigenvalue weighted by atomic mass is 10.1. The molecule has 31 heavy (non-hydrogen) atoms. The number of rotatable bonds is 8. The summed E-state index contributed by atoms with van der Waals surface area (Å²) in [6.45, 7) is 2.10. The second kappa shape index (κ2) is 9.46. The Kier molecular flexibility index (Phi) is 6.74. The van der Waals surface area contributed by atoms with E-state index in [0.29, 0.717) is 23.4 Å². The van der Waals surface area contributed by atoms with E-state index in [0.717, 1.165) is 0 Å². The van der Waals surface area contributed by atoms with E-state index in [2.05, 4.69) is 5.10 Å². The highest BCUT2D eigenvalue weighted by atomic mass is 19.2. The second-order valence-electron chi connectivity index (χ2n) is 6.41. The Bertz CT molecular complexity index is 1120. The number of benzene rings is 2. The number of hydrogen-bond acceptors (Lipinski definition) is 4. The molecule has 1 aromatic heterocycles. The van der Waals surface area contributed by atoms with Crippen molar-refractivity contribution in [2.75, 3.05) is 7.11 Å². The number of hydrogen-bond donors (Lipinski definition) is 0. The van der Waals surface area contributed by atoms with E-state index in [4.69, 9.17) is 9.47 Å². The van der Waals surface area contributed by atoms with Crippen LogP contribution >= 0.6 is 0 Å². The number of halogens is 4. The number of ketones is 1. The molecule has 162 valence electrons. The van der Waals surface area contributed by atoms with Crippen molar-refractivity contribution in [2.24, 2.45) is 0 Å². The average Bonchev–Trinajstić information content (AvgIpc) is 3.25. The summed E-state index contributed by atoms with van der Waals surface area (Å²) in [4.78, 5) is 12.2. The first-order chi connectivity index (χ1) is 14.8. The lowest BCUT2D eigenvalue weighted by molar-refractivity contribution is 0.104. The van der Waals surface area contributed by atoms with Crippen LogP contribution in [0.1, 0.15) is 28.5 Å². The van der Waals surface area contributed by atoms with E-state index in [1.165, 1.54) is 19.3 Å². The molecule has 0 radical (unpaired) electrons. The molecule has 0 amide bonds. The number of carbonyl (C=O) groups is 1. The molecule has 0 atom stereocenters. The minimum absolute atomic E-state index is 0.101. The molecule has 2 aromatic carbocycles. The standard InChI is InChI=1S/C22H18F4N2O3/c1-3-28-9-8-17(27-28)18(29)6-4-13-5-7-19(30-2)14(10-13)12-31-22-20(25)15(23)11-16(24)21(22)26/h4-11H,3,12H2,1-2H3/b6-4+. The Labute approximate surface area is 175 Å². The zero-order valence-electron chi connectivity index (χ0n) is 16.7. The number of carbonyl (C=O) groups excluding carboxylic acids is 1. The second-order valence-corrected chi connectivity index (χ2v) is 6.41. The molecule has 0 aliphatic heterocycles. The van der Waals surface area contributed by atoms with Crippen molar-refractivity contribution in [1.29, 1.82) is 0 Å². The van der Waals surface area contributed by atoms with Gasteiger partial charge in [-0.05, 0) is 36.8 Å². The van der Waals surface area contributed by atoms with E-state index >= 15 is 0 Å². The van der Waals surface area contributed by atoms with Gasteiger partial charge >= 0.3 is 0 Å². The van der Waals surface area contributed by atoms with Gasteiger partial charge in [-0.15, -0.1) is 0 Å². The summed E-state index contributed by atoms with van der Waals surface area (Å²) >= 11 is 0. The Hall–Kier alpha value is -3.62. The van der Waals surface area contributed by atoms with Gasteiger partial charge < -0.3 is 9.47 Å². The third-order valence-electron chi connectivity index (χ3n) is 4.39. The quantitative estimate of drug-likeness (QED) is 0.218. The zero-order valence-corrected chi connectivity index (χ0v) is 16.7. The van der Waals surface area contributed by atoms with Crippen LogP contribution in [-0.4, -0.2) is 22.7 Å². The summed E-state index contributed by atoms with van der Waals surface area (Å²) in [5.41, 5.74) is 1.19. The monoisotopic (exact) mass is 434 g/mol. The molecule has 3 rings (SSSR count). The molecule has 0 aliphatic rings. The predicted octanol–water partition coefficient (Wildman–Crippen LogP) is 4.94. The summed E-state index contributed by atoms with van der Waals surface area (Å²) in [6.07, 6.45) is 4.55. The van der Waals surface area contributed by atoms with E-state index in [-0.39, 0.29) is 17.5 Å². The van der Waals surface area contributed by atoms with Gasteiger partial charge in [0.25, 0.3) is 0 Å². The van der Waals surface area contributed by atoms with Crippen molar-refractivity contribution in [3.63, 3.8) is 0 Å². The summed E-state index contributed by atoms with van der Waals surface area (Å²) in [5.74, 6) is -7.55. The lowest BCUT2D eigenvalue weighted by Crippen LogP contribution is -2.05. The highest BCUT2D eigenvalue weighted by Crippen LogP contribution is 2.29. The molecule has 5 nitrogen and oxygen atoms in total. The summed E-state index contributed by atoms with van der Waals surface area (Å²) < 4.78 is 66.2. The van der Waals surface area contributed by atoms with Crippen LogP contribution in [0.5, 0.6) is 11.5 Å². The number of ether oxygens (including phenoxy) is 2. The van der Waals surface area contributed by atoms with Gasteiger partial charge in [0.05, 0.1) is 7.11 Å². The fourth-order valence-corrected chi connectivity index (χ4v) is 2.77. The van der Waals surface area contributed by atoms with Crippen molar-refractivity contribution in [3.05, 3.63) is 82.7 Å². The van der Waals surface area contributed by atoms with Crippen molar-refractivity contribution in [1.82, 2.24) is 9.78 Å². The van der Waals surface area contributed by atoms with Gasteiger partial charge in [-0.25, -0.2) is 8.78 Å². The molecule has 3 aromatic rings. The van der Waals surface area contributed by atoms with Crippen LogP contribution in [0.4, 0.5) is 17.6 Å². The maximum Gasteiger partial charge on any atom is 0.206 e. The molecule has 1 heterocycles. The molecule has 0 saturated carbocycles. The van der Waals surface area contributed by atoms with Crippen molar-refractivity contribution in [2.45, 2.75) is 20.1 Å². The minimum Gasteiger partial charge on any atom is -0.496 e. The van der Waals surface area contributed by atoms with Crippen LogP contribution in [0.2, 0.25) is 0 Å². The van der Waals surface area contributed by atoms with Gasteiger partial charge in [0.2, 0.25) is 17.4 Å². The highest BCUT2D eigenvalue weighted by molar-refractivity contribution is 6.05. The fraction of sp³-hybridized carbons (Fsp3) is 0.182. The molecular weight excluding hydrogens is 416 g/mol. The zero-order chi connectivity index (χ0) is 22.5. The normalized spacial score (nSPS) is 11.2. The van der Waals surface area contributed by atoms with Gasteiger partial charge in [0.15, 0.2) is 17.4 Å². The number of methoxy groups -OCH3 is 1. The Morgan fingerprint density at radius 2 is 1.81 bits per heavy atom. The summed E-state index contributed by atoms with van der Waals surface area (Å²) in [7, 11) is 1.38. The van der Waals surface area contributed by atoms with Gasteiger partial charge in [0.1, 0.15) is 18.1 Å². The number of aryl methyl sites for hydroxylation is 1. The van der Waals surface area contributed by atoms with Crippen molar-refractivity contribution in [3.8, 4) is 11.5 Å². The molecule has 0 saturated heterocycles. The first-order valence-electron chi connectivity index (χ1n) is 9.22. The van der Waals surface area contributed by atoms with E-state index in [1.807, 2.05) is 6.92 Å². The van der Waals surface area contributed by atoms with E-state index in [9.17, 15) is 22.4 Å². The van der Waals surface area contributed by atoms with Gasteiger partial charge in [-0.3, -0.25) is 9.48 Å². The summed E-state index contributed by atoms with van der Waals surface area (Å²) in [6, 6.07) is 6.47. The van der Waals surface area contributed by atoms with Crippen LogP contribution in [-0.2, 0) is 13.2 Å². The molecule has 0 bridgehead atoms. The predicted molar refractivity (Wildman–Crippen MR) is 105 cm³/mol. The van der Waals surface area contributed by atoms with Crippen molar-refractivity contribution < 1.29 is 31.8 Å². The molecule has 0 unspecified atom stereocenters. The largest absolute Gasteiger partial charge is 0.496 e. The topological polar surface area (TPSA) is 53.4 Å². The van der Waals surface area contributed by atoms with Crippen LogP contribution in [0.3, 0.4) is 0 Å². The summed E-state index contributed by atoms with van der Waals surface area (Å²) in [5, 5.41) is 4.12. The first-order valence-corrected chi connectivity index (χ1v) is 9.22. The number of nitrogens with zero attached hydrogens (tertiary/aromatic N) is 2. The SMILES string of the molecule is CCn1ccc(C(=O)/C=C/c2ccc(OC)c(COc3c(F)c(F)cc(F)c3F)c2)n1. The number of allylic oxidation sites excluding steroid dienone is 1. The van der Waals surface area contributed by atoms with Gasteiger partial charge in [0, 0.05) is 24.4 Å². The van der Waals surface area contributed by atoms with Crippen LogP contribution in [0, 0.1) is 23.3 Å². The third kappa shape index (κ3) is 4.93. The first kappa shape index (κ1) is 22.1. The Morgan fingerprint density at radius 1 is 1.10 bits per heavy atom. The molecule has 9 heteroatoms. The molecule has 0 N–H and O–H groups in total. The highest BCUT2D eigenvalue weighted by Gasteiger charge is 2.21. The molecular formula is C22H18F4N2O3. The smallest absolute Gasteiger partial charge is 0.206 e. The molecule has 0 spiro atoms. The lowest BCUT2D eigenvalue weighted by Gasteiger charge is -2.13. The maximum atomic E-state index is 13.8. The number of aromatic nitrogens is 2. The third-order valence-corrected chi connectivity index (χ3v) is 4.39. The van der Waals surface area contributed by atoms with Crippen molar-refractivity contribution >= 4 is 11.9 Å². The van der Waals surface area contributed by atoms with Crippen LogP contribution in [0.15, 0.2) is 42.6 Å². The molecule has 0 fully saturated rings. The Balaban J connectivity index is 1.80. The molecule has 0 aliphatic carbocycles. The van der Waals surface area contributed by atoms with Crippen LogP contribution in [0.25, 0.3) is 6.08 Å². The van der Waals surface area contributed by atoms with Gasteiger partial charge in [-0.1, -0.05) is 12.1 Å². The Morgan fingerprint density at radius 3 is 2.42 bits per heavy atom. The average molecular weight is 434 g/mol. The maximum absolute atomic E-state index is 13.8. The van der Waals surface area contributed by atoms with Crippen LogP contribution < -0.4 is 9.47 Å². The van der Waals surface area contributed by atoms with Gasteiger partial charge in [-0.2, -0.15) is 13.9 Å². The van der Waals surface area contributed by atoms with E-state index < -0.39 is 35.6 Å². The fourth-order valence-electron chi connectivity index (χ4n) is 2.77.